The summed E-state index contributed by atoms with van der Waals surface area (Å²) in [5.41, 5.74) is 0. The monoisotopic (exact) mass is 268 g/mol. The molecule has 0 aliphatic carbocycles. The van der Waals surface area contributed by atoms with Crippen LogP contribution >= 0.6 is 31.9 Å². The predicted octanol–water partition coefficient (Wildman–Crippen LogP) is 1.97. The molecule has 1 aliphatic heterocycles. The molecular formula is C6H6Br2O2. The second-order valence-corrected chi connectivity index (χ2v) is 4.85. The average Bonchev–Trinajstić information content (AvgIpc) is 1.97. The first kappa shape index (κ1) is 8.27. The van der Waals surface area contributed by atoms with Gasteiger partial charge in [0.25, 0.3) is 0 Å². The zero-order valence-corrected chi connectivity index (χ0v) is 8.53. The molecular weight excluding hydrogens is 264 g/mol. The molecule has 4 heteroatoms. The van der Waals surface area contributed by atoms with E-state index in [1.54, 1.807) is 0 Å². The van der Waals surface area contributed by atoms with Crippen molar-refractivity contribution in [1.29, 1.82) is 0 Å². The molecule has 2 atom stereocenters. The van der Waals surface area contributed by atoms with Gasteiger partial charge in [0.15, 0.2) is 0 Å². The van der Waals surface area contributed by atoms with Crippen molar-refractivity contribution in [2.24, 2.45) is 0 Å². The Morgan fingerprint density at radius 1 is 1.80 bits per heavy atom. The summed E-state index contributed by atoms with van der Waals surface area (Å²) in [5.74, 6) is 0.170. The SMILES string of the molecule is C=C1OC(=O)[C@H](Br)[C@]1(C)Br. The second-order valence-electron chi connectivity index (χ2n) is 2.28. The molecule has 0 saturated carbocycles. The van der Waals surface area contributed by atoms with E-state index in [-0.39, 0.29) is 10.8 Å². The van der Waals surface area contributed by atoms with E-state index in [2.05, 4.69) is 38.4 Å². The summed E-state index contributed by atoms with van der Waals surface area (Å²) in [5, 5.41) is 0. The van der Waals surface area contributed by atoms with Crippen LogP contribution in [0.2, 0.25) is 0 Å². The van der Waals surface area contributed by atoms with Crippen molar-refractivity contribution < 1.29 is 9.53 Å². The lowest BCUT2D eigenvalue weighted by Crippen LogP contribution is -2.26. The second kappa shape index (κ2) is 2.34. The number of esters is 1. The van der Waals surface area contributed by atoms with Gasteiger partial charge in [-0.25, -0.2) is 0 Å². The Morgan fingerprint density at radius 3 is 2.40 bits per heavy atom. The average molecular weight is 270 g/mol. The highest BCUT2D eigenvalue weighted by molar-refractivity contribution is 9.13. The third-order valence-electron chi connectivity index (χ3n) is 1.45. The molecule has 0 aromatic heterocycles. The van der Waals surface area contributed by atoms with Crippen molar-refractivity contribution in [3.63, 3.8) is 0 Å². The summed E-state index contributed by atoms with van der Waals surface area (Å²) in [7, 11) is 0. The molecule has 56 valence electrons. The van der Waals surface area contributed by atoms with Gasteiger partial charge in [-0.2, -0.15) is 0 Å². The Hall–Kier alpha value is 0.170. The maximum atomic E-state index is 10.8. The van der Waals surface area contributed by atoms with Crippen molar-refractivity contribution in [1.82, 2.24) is 0 Å². The minimum atomic E-state index is -0.454. The normalized spacial score (nSPS) is 40.1. The van der Waals surface area contributed by atoms with Crippen LogP contribution in [0.5, 0.6) is 0 Å². The molecule has 0 aromatic rings. The Balaban J connectivity index is 2.96. The maximum Gasteiger partial charge on any atom is 0.326 e. The zero-order valence-electron chi connectivity index (χ0n) is 5.36. The molecule has 1 aliphatic rings. The highest BCUT2D eigenvalue weighted by atomic mass is 79.9. The summed E-state index contributed by atoms with van der Waals surface area (Å²) in [6.45, 7) is 5.42. The van der Waals surface area contributed by atoms with Gasteiger partial charge in [-0.1, -0.05) is 38.4 Å². The predicted molar refractivity (Wildman–Crippen MR) is 45.3 cm³/mol. The van der Waals surface area contributed by atoms with Crippen molar-refractivity contribution in [2.45, 2.75) is 16.1 Å². The molecule has 2 nitrogen and oxygen atoms in total. The van der Waals surface area contributed by atoms with Gasteiger partial charge in [0, 0.05) is 0 Å². The zero-order chi connectivity index (χ0) is 7.94. The van der Waals surface area contributed by atoms with Gasteiger partial charge in [-0.15, -0.1) is 0 Å². The number of allylic oxidation sites excluding steroid dienone is 1. The van der Waals surface area contributed by atoms with Crippen LogP contribution < -0.4 is 0 Å². The molecule has 0 N–H and O–H groups in total. The van der Waals surface area contributed by atoms with E-state index < -0.39 is 4.32 Å². The Bertz CT molecular complexity index is 198. The molecule has 0 radical (unpaired) electrons. The standard InChI is InChI=1S/C6H6Br2O2/c1-3-6(2,8)4(7)5(9)10-3/h4H,1H2,2H3/t4-,6+/m0/s1. The van der Waals surface area contributed by atoms with E-state index in [0.29, 0.717) is 5.76 Å². The van der Waals surface area contributed by atoms with Crippen molar-refractivity contribution in [3.8, 4) is 0 Å². The summed E-state index contributed by atoms with van der Waals surface area (Å²) in [6.07, 6.45) is 0. The number of rotatable bonds is 0. The number of carbonyl (C=O) groups is 1. The van der Waals surface area contributed by atoms with Gasteiger partial charge in [-0.3, -0.25) is 4.79 Å². The lowest BCUT2D eigenvalue weighted by molar-refractivity contribution is -0.134. The first-order valence-electron chi connectivity index (χ1n) is 2.70. The number of halogens is 2. The van der Waals surface area contributed by atoms with Crippen LogP contribution in [-0.2, 0) is 9.53 Å². The maximum absolute atomic E-state index is 10.8. The van der Waals surface area contributed by atoms with Gasteiger partial charge in [0.2, 0.25) is 0 Å². The molecule has 0 unspecified atom stereocenters. The molecule has 0 aromatic carbocycles. The van der Waals surface area contributed by atoms with Crippen LogP contribution in [0.4, 0.5) is 0 Å². The quantitative estimate of drug-likeness (QED) is 0.497. The van der Waals surface area contributed by atoms with E-state index in [9.17, 15) is 4.79 Å². The Morgan fingerprint density at radius 2 is 2.30 bits per heavy atom. The van der Waals surface area contributed by atoms with E-state index in [4.69, 9.17) is 4.74 Å². The Kier molecular flexibility index (Phi) is 1.94. The van der Waals surface area contributed by atoms with E-state index in [0.717, 1.165) is 0 Å². The van der Waals surface area contributed by atoms with Gasteiger partial charge in [0.1, 0.15) is 14.9 Å². The third-order valence-corrected chi connectivity index (χ3v) is 4.26. The smallest absolute Gasteiger partial charge is 0.326 e. The van der Waals surface area contributed by atoms with E-state index >= 15 is 0 Å². The highest BCUT2D eigenvalue weighted by Gasteiger charge is 2.47. The van der Waals surface area contributed by atoms with E-state index in [1.807, 2.05) is 6.92 Å². The van der Waals surface area contributed by atoms with Crippen LogP contribution in [0, 0.1) is 0 Å². The first-order chi connectivity index (χ1) is 4.46. The Labute approximate surface area is 75.9 Å². The molecule has 1 rings (SSSR count). The minimum absolute atomic E-state index is 0.288. The molecule has 1 saturated heterocycles. The summed E-state index contributed by atoms with van der Waals surface area (Å²) in [6, 6.07) is 0. The topological polar surface area (TPSA) is 26.3 Å². The number of hydrogen-bond acceptors (Lipinski definition) is 2. The molecule has 0 amide bonds. The largest absolute Gasteiger partial charge is 0.429 e. The van der Waals surface area contributed by atoms with E-state index in [1.165, 1.54) is 0 Å². The first-order valence-corrected chi connectivity index (χ1v) is 4.41. The number of cyclic esters (lactones) is 1. The van der Waals surface area contributed by atoms with Crippen LogP contribution in [0.25, 0.3) is 0 Å². The fraction of sp³-hybridized carbons (Fsp3) is 0.500. The van der Waals surface area contributed by atoms with Gasteiger partial charge >= 0.3 is 5.97 Å². The highest BCUT2D eigenvalue weighted by Crippen LogP contribution is 2.41. The van der Waals surface area contributed by atoms with Gasteiger partial charge in [0.05, 0.1) is 0 Å². The fourth-order valence-corrected chi connectivity index (χ4v) is 1.25. The fourth-order valence-electron chi connectivity index (χ4n) is 0.636. The lowest BCUT2D eigenvalue weighted by Gasteiger charge is -2.14. The molecule has 0 bridgehead atoms. The van der Waals surface area contributed by atoms with Gasteiger partial charge in [-0.05, 0) is 6.92 Å². The summed E-state index contributed by atoms with van der Waals surface area (Å²) < 4.78 is 4.31. The molecule has 1 heterocycles. The molecule has 10 heavy (non-hydrogen) atoms. The summed E-state index contributed by atoms with van der Waals surface area (Å²) in [4.78, 5) is 10.5. The van der Waals surface area contributed by atoms with Crippen molar-refractivity contribution in [2.75, 3.05) is 0 Å². The molecule has 0 spiro atoms. The minimum Gasteiger partial charge on any atom is -0.429 e. The number of alkyl halides is 2. The van der Waals surface area contributed by atoms with Crippen molar-refractivity contribution in [3.05, 3.63) is 12.3 Å². The van der Waals surface area contributed by atoms with Crippen LogP contribution in [0.1, 0.15) is 6.92 Å². The van der Waals surface area contributed by atoms with Crippen LogP contribution in [0.3, 0.4) is 0 Å². The lowest BCUT2D eigenvalue weighted by atomic mass is 10.1. The van der Waals surface area contributed by atoms with Crippen molar-refractivity contribution >= 4 is 37.8 Å². The van der Waals surface area contributed by atoms with Crippen LogP contribution in [0.15, 0.2) is 12.3 Å². The van der Waals surface area contributed by atoms with Crippen LogP contribution in [-0.4, -0.2) is 15.1 Å². The summed E-state index contributed by atoms with van der Waals surface area (Å²) >= 11 is 6.50. The number of ether oxygens (including phenoxy) is 1. The molecule has 1 fully saturated rings. The van der Waals surface area contributed by atoms with Gasteiger partial charge < -0.3 is 4.74 Å². The third kappa shape index (κ3) is 1.03. The number of carbonyl (C=O) groups excluding carboxylic acids is 1. The number of hydrogen-bond donors (Lipinski definition) is 0.